The van der Waals surface area contributed by atoms with Crippen LogP contribution in [0.1, 0.15) is 36.8 Å². The van der Waals surface area contributed by atoms with Crippen LogP contribution in [-0.4, -0.2) is 17.2 Å². The molecule has 1 aliphatic rings. The van der Waals surface area contributed by atoms with Crippen LogP contribution in [0.4, 0.5) is 5.82 Å². The molecule has 0 amide bonds. The summed E-state index contributed by atoms with van der Waals surface area (Å²) in [7, 11) is 1.92. The molecule has 0 aliphatic heterocycles. The highest BCUT2D eigenvalue weighted by atomic mass is 15.2. The number of aryl methyl sites for hydroxylation is 1. The molecule has 0 fully saturated rings. The highest BCUT2D eigenvalue weighted by Crippen LogP contribution is 2.23. The largest absolute Gasteiger partial charge is 0.371 e. The van der Waals surface area contributed by atoms with Gasteiger partial charge in [0.05, 0.1) is 6.20 Å². The van der Waals surface area contributed by atoms with Gasteiger partial charge in [0.2, 0.25) is 0 Å². The Labute approximate surface area is 84.9 Å². The van der Waals surface area contributed by atoms with Gasteiger partial charge in [-0.05, 0) is 31.2 Å². The molecule has 0 unspecified atom stereocenters. The minimum atomic E-state index is 0.976. The van der Waals surface area contributed by atoms with Crippen molar-refractivity contribution in [2.75, 3.05) is 12.4 Å². The van der Waals surface area contributed by atoms with Crippen molar-refractivity contribution in [3.63, 3.8) is 0 Å². The summed E-state index contributed by atoms with van der Waals surface area (Å²) in [6.45, 7) is 0. The van der Waals surface area contributed by atoms with Crippen LogP contribution in [0.2, 0.25) is 0 Å². The lowest BCUT2D eigenvalue weighted by Crippen LogP contribution is -2.07. The van der Waals surface area contributed by atoms with Crippen molar-refractivity contribution in [2.24, 2.45) is 0 Å². The zero-order valence-electron chi connectivity index (χ0n) is 8.71. The predicted octanol–water partition coefficient (Wildman–Crippen LogP) is 2.18. The molecule has 1 aromatic rings. The fourth-order valence-corrected chi connectivity index (χ4v) is 2.11. The van der Waals surface area contributed by atoms with Crippen LogP contribution in [-0.2, 0) is 12.8 Å². The van der Waals surface area contributed by atoms with Crippen LogP contribution < -0.4 is 5.32 Å². The Morgan fingerprint density at radius 2 is 1.93 bits per heavy atom. The number of nitrogens with one attached hydrogen (secondary N) is 1. The van der Waals surface area contributed by atoms with Gasteiger partial charge in [-0.3, -0.25) is 0 Å². The summed E-state index contributed by atoms with van der Waals surface area (Å²) in [5.41, 5.74) is 2.78. The lowest BCUT2D eigenvalue weighted by molar-refractivity contribution is 0.613. The van der Waals surface area contributed by atoms with Crippen molar-refractivity contribution >= 4 is 5.82 Å². The molecule has 76 valence electrons. The van der Waals surface area contributed by atoms with E-state index in [-0.39, 0.29) is 0 Å². The molecular formula is C11H17N3. The third-order valence-electron chi connectivity index (χ3n) is 2.90. The van der Waals surface area contributed by atoms with Gasteiger partial charge in [-0.1, -0.05) is 12.8 Å². The lowest BCUT2D eigenvalue weighted by atomic mass is 9.95. The van der Waals surface area contributed by atoms with Crippen molar-refractivity contribution in [1.82, 2.24) is 10.2 Å². The second kappa shape index (κ2) is 4.40. The Balaban J connectivity index is 2.33. The molecule has 0 bridgehead atoms. The van der Waals surface area contributed by atoms with E-state index >= 15 is 0 Å². The van der Waals surface area contributed by atoms with Gasteiger partial charge < -0.3 is 5.32 Å². The first-order chi connectivity index (χ1) is 6.92. The van der Waals surface area contributed by atoms with Gasteiger partial charge in [-0.2, -0.15) is 5.10 Å². The fraction of sp³-hybridized carbons (Fsp3) is 0.636. The molecule has 0 saturated carbocycles. The first kappa shape index (κ1) is 9.44. The lowest BCUT2D eigenvalue weighted by Gasteiger charge is -2.15. The van der Waals surface area contributed by atoms with Crippen LogP contribution in [0.3, 0.4) is 0 Å². The van der Waals surface area contributed by atoms with Gasteiger partial charge in [-0.25, -0.2) is 0 Å². The summed E-state index contributed by atoms with van der Waals surface area (Å²) < 4.78 is 0. The molecule has 1 aromatic heterocycles. The Kier molecular flexibility index (Phi) is 2.96. The molecule has 0 atom stereocenters. The number of rotatable bonds is 1. The van der Waals surface area contributed by atoms with Gasteiger partial charge in [0.1, 0.15) is 0 Å². The molecule has 3 nitrogen and oxygen atoms in total. The third kappa shape index (κ3) is 1.86. The van der Waals surface area contributed by atoms with E-state index in [1.165, 1.54) is 43.2 Å². The number of hydrogen-bond donors (Lipinski definition) is 1. The van der Waals surface area contributed by atoms with E-state index in [9.17, 15) is 0 Å². The Bertz CT molecular complexity index is 309. The van der Waals surface area contributed by atoms with Gasteiger partial charge in [-0.15, -0.1) is 5.10 Å². The summed E-state index contributed by atoms with van der Waals surface area (Å²) in [5.74, 6) is 0.976. The summed E-state index contributed by atoms with van der Waals surface area (Å²) in [6.07, 6.45) is 9.54. The molecule has 0 aromatic carbocycles. The van der Waals surface area contributed by atoms with Crippen molar-refractivity contribution in [2.45, 2.75) is 38.5 Å². The summed E-state index contributed by atoms with van der Waals surface area (Å²) in [4.78, 5) is 0. The van der Waals surface area contributed by atoms with E-state index in [0.717, 1.165) is 12.2 Å². The van der Waals surface area contributed by atoms with E-state index < -0.39 is 0 Å². The van der Waals surface area contributed by atoms with Crippen LogP contribution in [0.15, 0.2) is 6.20 Å². The number of fused-ring (bicyclic) bond motifs is 1. The van der Waals surface area contributed by atoms with E-state index in [4.69, 9.17) is 0 Å². The maximum atomic E-state index is 4.12. The third-order valence-corrected chi connectivity index (χ3v) is 2.90. The fourth-order valence-electron chi connectivity index (χ4n) is 2.11. The SMILES string of the molecule is CNc1nncc2c1CCCCCC2. The van der Waals surface area contributed by atoms with Crippen LogP contribution >= 0.6 is 0 Å². The monoisotopic (exact) mass is 191 g/mol. The topological polar surface area (TPSA) is 37.8 Å². The van der Waals surface area contributed by atoms with Gasteiger partial charge >= 0.3 is 0 Å². The van der Waals surface area contributed by atoms with E-state index in [1.807, 2.05) is 13.2 Å². The zero-order valence-corrected chi connectivity index (χ0v) is 8.71. The molecule has 2 rings (SSSR count). The normalized spacial score (nSPS) is 16.6. The average Bonchev–Trinajstić information content (AvgIpc) is 2.18. The van der Waals surface area contributed by atoms with Crippen molar-refractivity contribution in [3.05, 3.63) is 17.3 Å². The molecule has 0 saturated heterocycles. The van der Waals surface area contributed by atoms with Crippen molar-refractivity contribution < 1.29 is 0 Å². The molecule has 0 spiro atoms. The second-order valence-electron chi connectivity index (χ2n) is 3.86. The number of anilines is 1. The smallest absolute Gasteiger partial charge is 0.151 e. The van der Waals surface area contributed by atoms with E-state index in [1.54, 1.807) is 0 Å². The number of aromatic nitrogens is 2. The highest BCUT2D eigenvalue weighted by molar-refractivity contribution is 5.46. The van der Waals surface area contributed by atoms with Crippen LogP contribution in [0.5, 0.6) is 0 Å². The molecule has 1 N–H and O–H groups in total. The van der Waals surface area contributed by atoms with E-state index in [0.29, 0.717) is 0 Å². The Morgan fingerprint density at radius 1 is 1.14 bits per heavy atom. The Hall–Kier alpha value is -1.12. The molecule has 0 radical (unpaired) electrons. The van der Waals surface area contributed by atoms with Crippen molar-refractivity contribution in [1.29, 1.82) is 0 Å². The van der Waals surface area contributed by atoms with Crippen LogP contribution in [0.25, 0.3) is 0 Å². The molecule has 1 heterocycles. The first-order valence-corrected chi connectivity index (χ1v) is 5.43. The summed E-state index contributed by atoms with van der Waals surface area (Å²) >= 11 is 0. The van der Waals surface area contributed by atoms with Gasteiger partial charge in [0.25, 0.3) is 0 Å². The quantitative estimate of drug-likeness (QED) is 0.739. The minimum absolute atomic E-state index is 0.976. The first-order valence-electron chi connectivity index (χ1n) is 5.43. The average molecular weight is 191 g/mol. The van der Waals surface area contributed by atoms with Gasteiger partial charge in [0, 0.05) is 12.6 Å². The van der Waals surface area contributed by atoms with Crippen LogP contribution in [0, 0.1) is 0 Å². The molecule has 3 heteroatoms. The predicted molar refractivity (Wildman–Crippen MR) is 57.5 cm³/mol. The number of hydrogen-bond acceptors (Lipinski definition) is 3. The maximum absolute atomic E-state index is 4.12. The standard InChI is InChI=1S/C11H17N3/c1-12-11-10-7-5-3-2-4-6-9(10)8-13-14-11/h8H,2-7H2,1H3,(H,12,14). The second-order valence-corrected chi connectivity index (χ2v) is 3.86. The summed E-state index contributed by atoms with van der Waals surface area (Å²) in [6, 6.07) is 0. The minimum Gasteiger partial charge on any atom is -0.371 e. The molecular weight excluding hydrogens is 174 g/mol. The molecule has 1 aliphatic carbocycles. The molecule has 14 heavy (non-hydrogen) atoms. The zero-order chi connectivity index (χ0) is 9.80. The highest BCUT2D eigenvalue weighted by Gasteiger charge is 2.11. The summed E-state index contributed by atoms with van der Waals surface area (Å²) in [5, 5.41) is 11.3. The maximum Gasteiger partial charge on any atom is 0.151 e. The van der Waals surface area contributed by atoms with E-state index in [2.05, 4.69) is 15.5 Å². The van der Waals surface area contributed by atoms with Crippen molar-refractivity contribution in [3.8, 4) is 0 Å². The number of nitrogens with zero attached hydrogens (tertiary/aromatic N) is 2. The van der Waals surface area contributed by atoms with Gasteiger partial charge in [0.15, 0.2) is 5.82 Å². The Morgan fingerprint density at radius 3 is 2.71 bits per heavy atom.